The number of carbonyl (C=O) groups excluding carboxylic acids is 1. The Morgan fingerprint density at radius 1 is 1.36 bits per heavy atom. The molecule has 1 aliphatic carbocycles. The molecule has 1 aliphatic rings. The number of nitrogens with one attached hydrogen (secondary N) is 2. The van der Waals surface area contributed by atoms with E-state index in [1.807, 2.05) is 0 Å². The van der Waals surface area contributed by atoms with Gasteiger partial charge in [-0.25, -0.2) is 13.6 Å². The Labute approximate surface area is 128 Å². The van der Waals surface area contributed by atoms with E-state index in [2.05, 4.69) is 17.6 Å². The highest BCUT2D eigenvalue weighted by atomic mass is 19.1. The van der Waals surface area contributed by atoms with Crippen LogP contribution in [0.4, 0.5) is 13.6 Å². The normalized spacial score (nSPS) is 22.9. The first-order valence-electron chi connectivity index (χ1n) is 7.63. The van der Waals surface area contributed by atoms with Gasteiger partial charge in [-0.3, -0.25) is 0 Å². The summed E-state index contributed by atoms with van der Waals surface area (Å²) in [5.74, 6) is -1.07. The summed E-state index contributed by atoms with van der Waals surface area (Å²) in [6, 6.07) is 3.07. The van der Waals surface area contributed by atoms with Crippen molar-refractivity contribution in [2.45, 2.75) is 44.8 Å². The van der Waals surface area contributed by atoms with Crippen molar-refractivity contribution < 1.29 is 18.7 Å². The largest absolute Gasteiger partial charge is 0.386 e. The zero-order chi connectivity index (χ0) is 16.1. The lowest BCUT2D eigenvalue weighted by molar-refractivity contribution is 0.163. The molecule has 0 spiro atoms. The summed E-state index contributed by atoms with van der Waals surface area (Å²) < 4.78 is 27.0. The maximum atomic E-state index is 13.5. The highest BCUT2D eigenvalue weighted by molar-refractivity contribution is 5.74. The number of carbonyl (C=O) groups is 1. The number of urea groups is 1. The van der Waals surface area contributed by atoms with Crippen LogP contribution in [0.5, 0.6) is 0 Å². The molecule has 3 atom stereocenters. The quantitative estimate of drug-likeness (QED) is 0.800. The number of hydrogen-bond donors (Lipinski definition) is 3. The molecule has 0 bridgehead atoms. The first kappa shape index (κ1) is 16.7. The Balaban J connectivity index is 1.83. The average Bonchev–Trinajstić information content (AvgIpc) is 2.45. The van der Waals surface area contributed by atoms with E-state index in [4.69, 9.17) is 0 Å². The van der Waals surface area contributed by atoms with Crippen molar-refractivity contribution in [3.8, 4) is 0 Å². The number of hydrogen-bond acceptors (Lipinski definition) is 2. The van der Waals surface area contributed by atoms with E-state index in [-0.39, 0.29) is 12.6 Å². The third-order valence-electron chi connectivity index (χ3n) is 4.06. The lowest BCUT2D eigenvalue weighted by Crippen LogP contribution is -2.45. The zero-order valence-electron chi connectivity index (χ0n) is 12.6. The predicted octanol–water partition coefficient (Wildman–Crippen LogP) is 2.88. The molecular weight excluding hydrogens is 290 g/mol. The Bertz CT molecular complexity index is 505. The van der Waals surface area contributed by atoms with Crippen molar-refractivity contribution in [3.63, 3.8) is 0 Å². The molecule has 0 aliphatic heterocycles. The molecule has 0 saturated heterocycles. The van der Waals surface area contributed by atoms with E-state index in [1.165, 1.54) is 12.5 Å². The monoisotopic (exact) mass is 312 g/mol. The van der Waals surface area contributed by atoms with Gasteiger partial charge in [-0.1, -0.05) is 25.8 Å². The van der Waals surface area contributed by atoms with Crippen molar-refractivity contribution in [1.29, 1.82) is 0 Å². The first-order chi connectivity index (χ1) is 10.5. The van der Waals surface area contributed by atoms with Crippen LogP contribution in [0.1, 0.15) is 44.3 Å². The van der Waals surface area contributed by atoms with E-state index in [9.17, 15) is 18.7 Å². The zero-order valence-corrected chi connectivity index (χ0v) is 12.6. The van der Waals surface area contributed by atoms with E-state index < -0.39 is 29.3 Å². The van der Waals surface area contributed by atoms with Gasteiger partial charge < -0.3 is 15.7 Å². The van der Waals surface area contributed by atoms with E-state index >= 15 is 0 Å². The number of amides is 2. The number of benzene rings is 1. The van der Waals surface area contributed by atoms with Crippen LogP contribution in [-0.4, -0.2) is 23.7 Å². The van der Waals surface area contributed by atoms with Crippen LogP contribution in [0.25, 0.3) is 0 Å². The second-order valence-electron chi connectivity index (χ2n) is 5.97. The van der Waals surface area contributed by atoms with Gasteiger partial charge in [-0.15, -0.1) is 0 Å². The molecule has 0 heterocycles. The van der Waals surface area contributed by atoms with Crippen molar-refractivity contribution in [1.82, 2.24) is 10.6 Å². The van der Waals surface area contributed by atoms with Gasteiger partial charge in [-0.2, -0.15) is 0 Å². The molecule has 2 rings (SSSR count). The van der Waals surface area contributed by atoms with Gasteiger partial charge in [0.1, 0.15) is 17.7 Å². The fourth-order valence-electron chi connectivity index (χ4n) is 2.92. The van der Waals surface area contributed by atoms with Crippen molar-refractivity contribution in [2.24, 2.45) is 5.92 Å². The fraction of sp³-hybridized carbons (Fsp3) is 0.562. The van der Waals surface area contributed by atoms with Crippen LogP contribution in [0.15, 0.2) is 18.2 Å². The molecule has 0 radical (unpaired) electrons. The summed E-state index contributed by atoms with van der Waals surface area (Å²) in [4.78, 5) is 11.8. The number of aliphatic hydroxyl groups excluding tert-OH is 1. The van der Waals surface area contributed by atoms with Gasteiger partial charge >= 0.3 is 6.03 Å². The van der Waals surface area contributed by atoms with Gasteiger partial charge in [0, 0.05) is 12.6 Å². The molecule has 1 fully saturated rings. The molecule has 6 heteroatoms. The molecule has 1 aromatic rings. The summed E-state index contributed by atoms with van der Waals surface area (Å²) in [7, 11) is 0. The maximum Gasteiger partial charge on any atom is 0.315 e. The topological polar surface area (TPSA) is 61.4 Å². The average molecular weight is 312 g/mol. The summed E-state index contributed by atoms with van der Waals surface area (Å²) in [6.07, 6.45) is 2.69. The Hall–Kier alpha value is -1.69. The standard InChI is InChI=1S/C16H22F2N2O2/c1-10-4-2-5-11(8-10)20-16(22)19-9-14(21)15-12(17)6-3-7-13(15)18/h3,6-7,10-11,14,21H,2,4-5,8-9H2,1H3,(H2,19,20,22). The lowest BCUT2D eigenvalue weighted by Gasteiger charge is -2.27. The van der Waals surface area contributed by atoms with E-state index in [0.29, 0.717) is 5.92 Å². The minimum Gasteiger partial charge on any atom is -0.386 e. The van der Waals surface area contributed by atoms with Crippen LogP contribution in [0.2, 0.25) is 0 Å². The van der Waals surface area contributed by atoms with Crippen molar-refractivity contribution in [3.05, 3.63) is 35.4 Å². The smallest absolute Gasteiger partial charge is 0.315 e. The molecule has 2 amide bonds. The SMILES string of the molecule is CC1CCCC(NC(=O)NCC(O)c2c(F)cccc2F)C1. The molecule has 4 nitrogen and oxygen atoms in total. The van der Waals surface area contributed by atoms with Gasteiger partial charge in [0.2, 0.25) is 0 Å². The number of halogens is 2. The van der Waals surface area contributed by atoms with E-state index in [0.717, 1.165) is 31.4 Å². The van der Waals surface area contributed by atoms with Crippen LogP contribution < -0.4 is 10.6 Å². The van der Waals surface area contributed by atoms with Gasteiger partial charge in [-0.05, 0) is 30.9 Å². The molecule has 1 aromatic carbocycles. The molecule has 0 aromatic heterocycles. The second kappa shape index (κ2) is 7.54. The highest BCUT2D eigenvalue weighted by Crippen LogP contribution is 2.23. The molecule has 3 unspecified atom stereocenters. The van der Waals surface area contributed by atoms with Crippen LogP contribution in [-0.2, 0) is 0 Å². The molecular formula is C16H22F2N2O2. The molecule has 1 saturated carbocycles. The summed E-state index contributed by atoms with van der Waals surface area (Å²) >= 11 is 0. The van der Waals surface area contributed by atoms with Gasteiger partial charge in [0.05, 0.1) is 5.56 Å². The Kier molecular flexibility index (Phi) is 5.71. The number of rotatable bonds is 4. The van der Waals surface area contributed by atoms with Crippen molar-refractivity contribution in [2.75, 3.05) is 6.54 Å². The molecule has 22 heavy (non-hydrogen) atoms. The predicted molar refractivity (Wildman–Crippen MR) is 79.3 cm³/mol. The number of aliphatic hydroxyl groups is 1. The highest BCUT2D eigenvalue weighted by Gasteiger charge is 2.22. The Morgan fingerprint density at radius 3 is 2.68 bits per heavy atom. The van der Waals surface area contributed by atoms with Crippen LogP contribution in [0.3, 0.4) is 0 Å². The minimum atomic E-state index is -1.42. The molecule has 3 N–H and O–H groups in total. The van der Waals surface area contributed by atoms with Gasteiger partial charge in [0.15, 0.2) is 0 Å². The third-order valence-corrected chi connectivity index (χ3v) is 4.06. The Morgan fingerprint density at radius 2 is 2.05 bits per heavy atom. The lowest BCUT2D eigenvalue weighted by atomic mass is 9.87. The maximum absolute atomic E-state index is 13.5. The molecule has 122 valence electrons. The van der Waals surface area contributed by atoms with Crippen molar-refractivity contribution >= 4 is 6.03 Å². The van der Waals surface area contributed by atoms with E-state index in [1.54, 1.807) is 0 Å². The summed E-state index contributed by atoms with van der Waals surface area (Å²) in [5.41, 5.74) is -0.422. The van der Waals surface area contributed by atoms with Crippen LogP contribution in [0, 0.1) is 17.6 Å². The first-order valence-corrected chi connectivity index (χ1v) is 7.63. The second-order valence-corrected chi connectivity index (χ2v) is 5.97. The minimum absolute atomic E-state index is 0.117. The van der Waals surface area contributed by atoms with Crippen LogP contribution >= 0.6 is 0 Å². The van der Waals surface area contributed by atoms with Gasteiger partial charge in [0.25, 0.3) is 0 Å². The summed E-state index contributed by atoms with van der Waals surface area (Å²) in [6.45, 7) is 1.91. The fourth-order valence-corrected chi connectivity index (χ4v) is 2.92. The third kappa shape index (κ3) is 4.40. The summed E-state index contributed by atoms with van der Waals surface area (Å²) in [5, 5.41) is 15.2.